The first-order valence-electron chi connectivity index (χ1n) is 6.94. The Morgan fingerprint density at radius 1 is 1.09 bits per heavy atom. The number of aromatic nitrogens is 2. The number of hydrogen-bond acceptors (Lipinski definition) is 5. The summed E-state index contributed by atoms with van der Waals surface area (Å²) in [5.41, 5.74) is 0.735. The fourth-order valence-corrected chi connectivity index (χ4v) is 3.87. The van der Waals surface area contributed by atoms with Crippen molar-refractivity contribution in [2.75, 3.05) is 29.5 Å². The highest BCUT2D eigenvalue weighted by Crippen LogP contribution is 2.25. The topological polar surface area (TPSA) is 29.0 Å². The van der Waals surface area contributed by atoms with Crippen LogP contribution in [0.4, 0.5) is 14.6 Å². The Labute approximate surface area is 136 Å². The third kappa shape index (κ3) is 3.89. The molecule has 0 unspecified atom stereocenters. The van der Waals surface area contributed by atoms with E-state index in [1.165, 1.54) is 17.8 Å². The molecule has 2 heterocycles. The zero-order chi connectivity index (χ0) is 15.4. The molecule has 1 saturated heterocycles. The summed E-state index contributed by atoms with van der Waals surface area (Å²) in [6.45, 7) is 1.99. The van der Waals surface area contributed by atoms with E-state index in [4.69, 9.17) is 0 Å². The SMILES string of the molecule is Fc1ccc(CSc2cc(N3CCSCC3)ncn2)cc1F. The van der Waals surface area contributed by atoms with Gasteiger partial charge in [0.25, 0.3) is 0 Å². The predicted molar refractivity (Wildman–Crippen MR) is 87.5 cm³/mol. The van der Waals surface area contributed by atoms with Crippen molar-refractivity contribution in [3.8, 4) is 0 Å². The van der Waals surface area contributed by atoms with Crippen molar-refractivity contribution in [1.82, 2.24) is 9.97 Å². The molecule has 1 aliphatic rings. The van der Waals surface area contributed by atoms with Gasteiger partial charge in [-0.1, -0.05) is 6.07 Å². The third-order valence-electron chi connectivity index (χ3n) is 3.33. The smallest absolute Gasteiger partial charge is 0.159 e. The summed E-state index contributed by atoms with van der Waals surface area (Å²) in [5.74, 6) is 2.07. The summed E-state index contributed by atoms with van der Waals surface area (Å²) in [4.78, 5) is 10.8. The monoisotopic (exact) mass is 339 g/mol. The van der Waals surface area contributed by atoms with Gasteiger partial charge in [-0.2, -0.15) is 11.8 Å². The molecule has 3 nitrogen and oxygen atoms in total. The van der Waals surface area contributed by atoms with E-state index < -0.39 is 11.6 Å². The fourth-order valence-electron chi connectivity index (χ4n) is 2.16. The molecule has 0 bridgehead atoms. The summed E-state index contributed by atoms with van der Waals surface area (Å²) >= 11 is 3.45. The van der Waals surface area contributed by atoms with Crippen LogP contribution in [0.5, 0.6) is 0 Å². The maximum atomic E-state index is 13.2. The first kappa shape index (κ1) is 15.6. The maximum Gasteiger partial charge on any atom is 0.159 e. The summed E-state index contributed by atoms with van der Waals surface area (Å²) in [6.07, 6.45) is 1.56. The Kier molecular flexibility index (Phi) is 5.15. The second-order valence-corrected chi connectivity index (χ2v) is 7.07. The van der Waals surface area contributed by atoms with E-state index in [0.29, 0.717) is 5.75 Å². The van der Waals surface area contributed by atoms with Gasteiger partial charge in [-0.3, -0.25) is 0 Å². The molecular formula is C15H15F2N3S2. The molecule has 3 rings (SSSR count). The lowest BCUT2D eigenvalue weighted by molar-refractivity contribution is 0.507. The van der Waals surface area contributed by atoms with E-state index >= 15 is 0 Å². The third-order valence-corrected chi connectivity index (χ3v) is 5.27. The van der Waals surface area contributed by atoms with Crippen LogP contribution in [-0.4, -0.2) is 34.6 Å². The molecule has 0 atom stereocenters. The molecule has 0 spiro atoms. The number of halogens is 2. The average Bonchev–Trinajstić information content (AvgIpc) is 2.57. The number of anilines is 1. The van der Waals surface area contributed by atoms with Crippen molar-refractivity contribution < 1.29 is 8.78 Å². The number of thioether (sulfide) groups is 2. The van der Waals surface area contributed by atoms with Gasteiger partial charge in [0.1, 0.15) is 17.2 Å². The Morgan fingerprint density at radius 3 is 2.68 bits per heavy atom. The van der Waals surface area contributed by atoms with Crippen LogP contribution < -0.4 is 4.90 Å². The van der Waals surface area contributed by atoms with Gasteiger partial charge in [0.15, 0.2) is 11.6 Å². The van der Waals surface area contributed by atoms with Gasteiger partial charge in [-0.15, -0.1) is 11.8 Å². The zero-order valence-electron chi connectivity index (χ0n) is 11.8. The molecule has 2 aromatic rings. The second kappa shape index (κ2) is 7.28. The van der Waals surface area contributed by atoms with E-state index in [1.807, 2.05) is 17.8 Å². The molecule has 0 saturated carbocycles. The van der Waals surface area contributed by atoms with Gasteiger partial charge < -0.3 is 4.90 Å². The van der Waals surface area contributed by atoms with Crippen molar-refractivity contribution >= 4 is 29.3 Å². The number of hydrogen-bond donors (Lipinski definition) is 0. The first-order chi connectivity index (χ1) is 10.7. The van der Waals surface area contributed by atoms with E-state index in [9.17, 15) is 8.78 Å². The Balaban J connectivity index is 1.66. The van der Waals surface area contributed by atoms with Crippen LogP contribution in [0.2, 0.25) is 0 Å². The maximum absolute atomic E-state index is 13.2. The molecule has 1 aromatic heterocycles. The average molecular weight is 339 g/mol. The Bertz CT molecular complexity index is 648. The van der Waals surface area contributed by atoms with Crippen molar-refractivity contribution in [2.24, 2.45) is 0 Å². The van der Waals surface area contributed by atoms with Crippen LogP contribution >= 0.6 is 23.5 Å². The summed E-state index contributed by atoms with van der Waals surface area (Å²) in [6, 6.07) is 5.93. The van der Waals surface area contributed by atoms with Gasteiger partial charge in [0.05, 0.1) is 0 Å². The number of benzene rings is 1. The summed E-state index contributed by atoms with van der Waals surface area (Å²) < 4.78 is 26.1. The van der Waals surface area contributed by atoms with E-state index in [1.54, 1.807) is 12.4 Å². The quantitative estimate of drug-likeness (QED) is 0.627. The molecule has 1 aliphatic heterocycles. The minimum absolute atomic E-state index is 0.545. The van der Waals surface area contributed by atoms with Gasteiger partial charge >= 0.3 is 0 Å². The second-order valence-electron chi connectivity index (χ2n) is 4.85. The number of rotatable bonds is 4. The Hall–Kier alpha value is -1.34. The lowest BCUT2D eigenvalue weighted by Gasteiger charge is -2.27. The van der Waals surface area contributed by atoms with E-state index in [2.05, 4.69) is 14.9 Å². The van der Waals surface area contributed by atoms with E-state index in [0.717, 1.165) is 47.1 Å². The standard InChI is InChI=1S/C15H15F2N3S2/c16-12-2-1-11(7-13(12)17)9-22-15-8-14(18-10-19-15)20-3-5-21-6-4-20/h1-2,7-8,10H,3-6,9H2. The molecule has 0 radical (unpaired) electrons. The van der Waals surface area contributed by atoms with Crippen LogP contribution in [0.1, 0.15) is 5.56 Å². The van der Waals surface area contributed by atoms with Gasteiger partial charge in [-0.25, -0.2) is 18.7 Å². The van der Waals surface area contributed by atoms with Gasteiger partial charge in [0, 0.05) is 36.4 Å². The molecule has 22 heavy (non-hydrogen) atoms. The molecule has 7 heteroatoms. The number of nitrogens with zero attached hydrogens (tertiary/aromatic N) is 3. The Morgan fingerprint density at radius 2 is 1.91 bits per heavy atom. The molecular weight excluding hydrogens is 324 g/mol. The highest BCUT2D eigenvalue weighted by atomic mass is 32.2. The molecule has 1 fully saturated rings. The zero-order valence-corrected chi connectivity index (χ0v) is 13.5. The highest BCUT2D eigenvalue weighted by molar-refractivity contribution is 7.99. The molecule has 0 amide bonds. The largest absolute Gasteiger partial charge is 0.355 e. The lowest BCUT2D eigenvalue weighted by atomic mass is 10.2. The van der Waals surface area contributed by atoms with E-state index in [-0.39, 0.29) is 0 Å². The van der Waals surface area contributed by atoms with Crippen LogP contribution in [0, 0.1) is 11.6 Å². The van der Waals surface area contributed by atoms with Crippen LogP contribution in [0.15, 0.2) is 35.6 Å². The van der Waals surface area contributed by atoms with Crippen LogP contribution in [-0.2, 0) is 5.75 Å². The molecule has 1 aromatic carbocycles. The molecule has 116 valence electrons. The minimum atomic E-state index is -0.818. The molecule has 0 N–H and O–H groups in total. The lowest BCUT2D eigenvalue weighted by Crippen LogP contribution is -2.33. The fraction of sp³-hybridized carbons (Fsp3) is 0.333. The van der Waals surface area contributed by atoms with Crippen molar-refractivity contribution in [2.45, 2.75) is 10.8 Å². The van der Waals surface area contributed by atoms with Gasteiger partial charge in [0.2, 0.25) is 0 Å². The predicted octanol–water partition coefficient (Wildman–Crippen LogP) is 3.60. The highest BCUT2D eigenvalue weighted by Gasteiger charge is 2.13. The minimum Gasteiger partial charge on any atom is -0.355 e. The molecule has 0 aliphatic carbocycles. The summed E-state index contributed by atoms with van der Waals surface area (Å²) in [7, 11) is 0. The normalized spacial score (nSPS) is 15.1. The van der Waals surface area contributed by atoms with Crippen LogP contribution in [0.25, 0.3) is 0 Å². The van der Waals surface area contributed by atoms with Gasteiger partial charge in [-0.05, 0) is 17.7 Å². The van der Waals surface area contributed by atoms with Crippen molar-refractivity contribution in [3.05, 3.63) is 47.8 Å². The summed E-state index contributed by atoms with van der Waals surface area (Å²) in [5, 5.41) is 0.841. The van der Waals surface area contributed by atoms with Crippen molar-refractivity contribution in [3.63, 3.8) is 0 Å². The first-order valence-corrected chi connectivity index (χ1v) is 9.08. The van der Waals surface area contributed by atoms with Crippen LogP contribution in [0.3, 0.4) is 0 Å². The van der Waals surface area contributed by atoms with Crippen molar-refractivity contribution in [1.29, 1.82) is 0 Å².